The summed E-state index contributed by atoms with van der Waals surface area (Å²) in [6.07, 6.45) is -3.57. The SMILES string of the molecule is NCCOC[C@@]1(c2ccc3c(c2)OC(F)(F)O3)CS1. The van der Waals surface area contributed by atoms with Gasteiger partial charge in [-0.3, -0.25) is 0 Å². The number of rotatable bonds is 5. The van der Waals surface area contributed by atoms with E-state index in [1.165, 1.54) is 6.07 Å². The van der Waals surface area contributed by atoms with Gasteiger partial charge in [0.1, 0.15) is 0 Å². The minimum absolute atomic E-state index is 0.0671. The lowest BCUT2D eigenvalue weighted by Crippen LogP contribution is -2.26. The smallest absolute Gasteiger partial charge is 0.395 e. The van der Waals surface area contributed by atoms with Crippen LogP contribution in [0.15, 0.2) is 18.2 Å². The second kappa shape index (κ2) is 4.50. The predicted octanol–water partition coefficient (Wildman–Crippen LogP) is 1.93. The number of halogens is 2. The van der Waals surface area contributed by atoms with Crippen molar-refractivity contribution < 1.29 is 23.0 Å². The average molecular weight is 289 g/mol. The van der Waals surface area contributed by atoms with Crippen molar-refractivity contribution in [1.82, 2.24) is 0 Å². The molecule has 2 heterocycles. The van der Waals surface area contributed by atoms with Crippen molar-refractivity contribution in [1.29, 1.82) is 0 Å². The lowest BCUT2D eigenvalue weighted by Gasteiger charge is -2.14. The molecule has 0 radical (unpaired) electrons. The molecule has 0 bridgehead atoms. The fraction of sp³-hybridized carbons (Fsp3) is 0.500. The van der Waals surface area contributed by atoms with E-state index in [1.807, 2.05) is 0 Å². The molecule has 1 aromatic carbocycles. The first kappa shape index (κ1) is 13.0. The Morgan fingerprint density at radius 1 is 1.32 bits per heavy atom. The molecule has 2 aliphatic rings. The number of fused-ring (bicyclic) bond motifs is 1. The maximum Gasteiger partial charge on any atom is 0.586 e. The van der Waals surface area contributed by atoms with Crippen LogP contribution >= 0.6 is 11.8 Å². The number of nitrogens with two attached hydrogens (primary N) is 1. The summed E-state index contributed by atoms with van der Waals surface area (Å²) in [6, 6.07) is 4.88. The molecule has 1 fully saturated rings. The molecule has 104 valence electrons. The van der Waals surface area contributed by atoms with E-state index in [-0.39, 0.29) is 16.2 Å². The first-order valence-corrected chi connectivity index (χ1v) is 6.85. The molecule has 19 heavy (non-hydrogen) atoms. The average Bonchev–Trinajstić information content (AvgIpc) is 3.05. The molecule has 2 N–H and O–H groups in total. The highest BCUT2D eigenvalue weighted by Gasteiger charge is 2.48. The van der Waals surface area contributed by atoms with E-state index in [2.05, 4.69) is 9.47 Å². The van der Waals surface area contributed by atoms with Crippen molar-refractivity contribution in [3.63, 3.8) is 0 Å². The number of alkyl halides is 2. The Kier molecular flexibility index (Phi) is 3.07. The van der Waals surface area contributed by atoms with Crippen LogP contribution in [0.2, 0.25) is 0 Å². The molecule has 0 aromatic heterocycles. The molecule has 0 amide bonds. The van der Waals surface area contributed by atoms with Crippen LogP contribution in [-0.2, 0) is 9.48 Å². The van der Waals surface area contributed by atoms with Gasteiger partial charge in [-0.05, 0) is 17.7 Å². The number of hydrogen-bond donors (Lipinski definition) is 1. The van der Waals surface area contributed by atoms with Gasteiger partial charge in [-0.15, -0.1) is 20.5 Å². The van der Waals surface area contributed by atoms with Gasteiger partial charge in [0.15, 0.2) is 11.5 Å². The van der Waals surface area contributed by atoms with Gasteiger partial charge in [-0.25, -0.2) is 0 Å². The molecule has 1 atom stereocenters. The first-order chi connectivity index (χ1) is 9.05. The first-order valence-electron chi connectivity index (χ1n) is 5.87. The summed E-state index contributed by atoms with van der Waals surface area (Å²) in [4.78, 5) is 0. The molecular weight excluding hydrogens is 276 g/mol. The largest absolute Gasteiger partial charge is 0.586 e. The fourth-order valence-electron chi connectivity index (χ4n) is 1.97. The Labute approximate surface area is 113 Å². The van der Waals surface area contributed by atoms with E-state index in [9.17, 15) is 8.78 Å². The van der Waals surface area contributed by atoms with E-state index >= 15 is 0 Å². The highest BCUT2D eigenvalue weighted by atomic mass is 32.2. The van der Waals surface area contributed by atoms with Crippen LogP contribution in [-0.4, -0.2) is 31.8 Å². The summed E-state index contributed by atoms with van der Waals surface area (Å²) in [5.41, 5.74) is 6.28. The zero-order valence-corrected chi connectivity index (χ0v) is 10.8. The molecule has 0 spiro atoms. The molecule has 2 aliphatic heterocycles. The van der Waals surface area contributed by atoms with Crippen LogP contribution in [0.3, 0.4) is 0 Å². The van der Waals surface area contributed by atoms with Gasteiger partial charge in [0, 0.05) is 12.3 Å². The van der Waals surface area contributed by atoms with Crippen LogP contribution in [0.1, 0.15) is 5.56 Å². The molecule has 1 saturated heterocycles. The summed E-state index contributed by atoms with van der Waals surface area (Å²) < 4.78 is 40.0. The third-order valence-corrected chi connectivity index (χ3v) is 4.36. The minimum atomic E-state index is -3.57. The molecule has 0 aliphatic carbocycles. The molecule has 3 rings (SSSR count). The Bertz CT molecular complexity index is 494. The van der Waals surface area contributed by atoms with Gasteiger partial charge in [0.05, 0.1) is 18.0 Å². The summed E-state index contributed by atoms with van der Waals surface area (Å²) >= 11 is 1.71. The second-order valence-electron chi connectivity index (χ2n) is 4.45. The van der Waals surface area contributed by atoms with Crippen molar-refractivity contribution in [2.75, 3.05) is 25.5 Å². The number of benzene rings is 1. The van der Waals surface area contributed by atoms with Crippen molar-refractivity contribution in [3.8, 4) is 11.5 Å². The highest BCUT2D eigenvalue weighted by molar-refractivity contribution is 8.07. The van der Waals surface area contributed by atoms with Gasteiger partial charge < -0.3 is 19.9 Å². The monoisotopic (exact) mass is 289 g/mol. The number of hydrogen-bond acceptors (Lipinski definition) is 5. The van der Waals surface area contributed by atoms with Crippen molar-refractivity contribution >= 4 is 11.8 Å². The van der Waals surface area contributed by atoms with Crippen LogP contribution in [0.25, 0.3) is 0 Å². The number of ether oxygens (including phenoxy) is 3. The Morgan fingerprint density at radius 3 is 2.74 bits per heavy atom. The molecule has 7 heteroatoms. The van der Waals surface area contributed by atoms with Crippen LogP contribution in [0.5, 0.6) is 11.5 Å². The Balaban J connectivity index is 1.77. The lowest BCUT2D eigenvalue weighted by molar-refractivity contribution is -0.286. The topological polar surface area (TPSA) is 53.7 Å². The molecule has 1 aromatic rings. The van der Waals surface area contributed by atoms with E-state index < -0.39 is 6.29 Å². The van der Waals surface area contributed by atoms with Crippen LogP contribution < -0.4 is 15.2 Å². The maximum atomic E-state index is 12.9. The third-order valence-electron chi connectivity index (χ3n) is 3.02. The van der Waals surface area contributed by atoms with Crippen LogP contribution in [0, 0.1) is 0 Å². The standard InChI is InChI=1S/C12H13F2NO3S/c13-12(14)17-9-2-1-8(5-10(9)18-12)11(7-19-11)6-16-4-3-15/h1-2,5H,3-4,6-7,15H2/t11-/m0/s1. The maximum absolute atomic E-state index is 12.9. The molecule has 4 nitrogen and oxygen atoms in total. The van der Waals surface area contributed by atoms with Gasteiger partial charge in [-0.2, -0.15) is 0 Å². The summed E-state index contributed by atoms with van der Waals surface area (Å²) in [6.45, 7) is 1.48. The summed E-state index contributed by atoms with van der Waals surface area (Å²) in [5.74, 6) is 1.04. The van der Waals surface area contributed by atoms with Crippen LogP contribution in [0.4, 0.5) is 8.78 Å². The normalized spacial score (nSPS) is 26.5. The zero-order chi connectivity index (χ0) is 13.5. The van der Waals surface area contributed by atoms with Gasteiger partial charge >= 0.3 is 6.29 Å². The quantitative estimate of drug-likeness (QED) is 0.663. The van der Waals surface area contributed by atoms with Crippen molar-refractivity contribution in [3.05, 3.63) is 23.8 Å². The van der Waals surface area contributed by atoms with Crippen molar-refractivity contribution in [2.45, 2.75) is 11.0 Å². The Morgan fingerprint density at radius 2 is 2.05 bits per heavy atom. The lowest BCUT2D eigenvalue weighted by atomic mass is 10.0. The Hall–Kier alpha value is -1.05. The fourth-order valence-corrected chi connectivity index (χ4v) is 2.86. The molecule has 0 unspecified atom stereocenters. The summed E-state index contributed by atoms with van der Waals surface area (Å²) in [7, 11) is 0. The highest BCUT2D eigenvalue weighted by Crippen LogP contribution is 2.55. The van der Waals surface area contributed by atoms with E-state index in [4.69, 9.17) is 10.5 Å². The molecule has 0 saturated carbocycles. The third kappa shape index (κ3) is 2.50. The van der Waals surface area contributed by atoms with E-state index in [1.54, 1.807) is 23.9 Å². The molecular formula is C12H13F2NO3S. The second-order valence-corrected chi connectivity index (χ2v) is 5.81. The van der Waals surface area contributed by atoms with Gasteiger partial charge in [-0.1, -0.05) is 6.07 Å². The van der Waals surface area contributed by atoms with Gasteiger partial charge in [0.2, 0.25) is 0 Å². The predicted molar refractivity (Wildman–Crippen MR) is 66.7 cm³/mol. The minimum Gasteiger partial charge on any atom is -0.395 e. The summed E-state index contributed by atoms with van der Waals surface area (Å²) in [5, 5.41) is 0. The van der Waals surface area contributed by atoms with E-state index in [0.29, 0.717) is 19.8 Å². The van der Waals surface area contributed by atoms with Gasteiger partial charge in [0.25, 0.3) is 0 Å². The van der Waals surface area contributed by atoms with E-state index in [0.717, 1.165) is 11.3 Å². The van der Waals surface area contributed by atoms with Crippen molar-refractivity contribution in [2.24, 2.45) is 5.73 Å². The zero-order valence-electron chi connectivity index (χ0n) is 10.0. The number of thioether (sulfide) groups is 1.